The zero-order valence-electron chi connectivity index (χ0n) is 21.2. The fourth-order valence-electron chi connectivity index (χ4n) is 3.90. The maximum atomic E-state index is 10.3. The molecule has 4 aromatic rings. The third-order valence-corrected chi connectivity index (χ3v) is 7.35. The Labute approximate surface area is 256 Å². The van der Waals surface area contributed by atoms with Crippen LogP contribution in [0.5, 0.6) is 0 Å². The number of benzene rings is 2. The van der Waals surface area contributed by atoms with Gasteiger partial charge in [0.25, 0.3) is 0 Å². The van der Waals surface area contributed by atoms with Crippen LogP contribution in [0.1, 0.15) is 24.3 Å². The number of aliphatic hydroxyl groups is 1. The van der Waals surface area contributed by atoms with E-state index in [1.54, 1.807) is 60.2 Å². The van der Waals surface area contributed by atoms with Gasteiger partial charge in [-0.25, -0.2) is 9.97 Å². The Morgan fingerprint density at radius 1 is 0.925 bits per heavy atom. The highest BCUT2D eigenvalue weighted by molar-refractivity contribution is 6.35. The average Bonchev–Trinajstić information content (AvgIpc) is 3.36. The number of halogens is 5. The van der Waals surface area contributed by atoms with Crippen molar-refractivity contribution in [2.45, 2.75) is 38.6 Å². The molecule has 2 aromatic heterocycles. The standard InChI is InChI=1S/C28H24Cl5N3O4/c1-2-3-24(39-14-18-5-7-20(30)11-23(18)32)25(15-38-13-17-4-6-19(29)10-22(17)31)40-26(12-37)36-9-8-21-27(33)34-16-35-28(21)36/h4-11,16,24-26,37H,12-15H2,1H3/t24-,25+,26+/m0/s1. The van der Waals surface area contributed by atoms with Crippen molar-refractivity contribution in [3.63, 3.8) is 0 Å². The van der Waals surface area contributed by atoms with E-state index in [9.17, 15) is 5.11 Å². The van der Waals surface area contributed by atoms with Crippen LogP contribution in [0, 0.1) is 11.8 Å². The largest absolute Gasteiger partial charge is 0.392 e. The Balaban J connectivity index is 1.58. The Hall–Kier alpha value is -2.09. The van der Waals surface area contributed by atoms with Crippen LogP contribution in [0.2, 0.25) is 25.2 Å². The Kier molecular flexibility index (Phi) is 11.3. The summed E-state index contributed by atoms with van der Waals surface area (Å²) >= 11 is 30.9. The molecule has 0 aliphatic carbocycles. The van der Waals surface area contributed by atoms with Gasteiger partial charge in [-0.05, 0) is 48.4 Å². The molecule has 0 spiro atoms. The topological polar surface area (TPSA) is 78.6 Å². The van der Waals surface area contributed by atoms with E-state index in [0.29, 0.717) is 31.1 Å². The number of hydrogen-bond acceptors (Lipinski definition) is 6. The smallest absolute Gasteiger partial charge is 0.159 e. The molecule has 0 saturated heterocycles. The van der Waals surface area contributed by atoms with Gasteiger partial charge in [0.2, 0.25) is 0 Å². The lowest BCUT2D eigenvalue weighted by Gasteiger charge is -2.29. The quantitative estimate of drug-likeness (QED) is 0.128. The molecule has 210 valence electrons. The van der Waals surface area contributed by atoms with Crippen molar-refractivity contribution in [3.05, 3.63) is 91.4 Å². The molecule has 0 fully saturated rings. The molecule has 4 rings (SSSR count). The van der Waals surface area contributed by atoms with Crippen LogP contribution in [-0.4, -0.2) is 45.1 Å². The third kappa shape index (κ3) is 7.80. The first-order valence-corrected chi connectivity index (χ1v) is 13.9. The maximum absolute atomic E-state index is 10.3. The van der Waals surface area contributed by atoms with Crippen LogP contribution < -0.4 is 0 Å². The molecule has 2 aromatic carbocycles. The summed E-state index contributed by atoms with van der Waals surface area (Å²) < 4.78 is 20.2. The summed E-state index contributed by atoms with van der Waals surface area (Å²) in [6.45, 7) is 1.69. The van der Waals surface area contributed by atoms with E-state index >= 15 is 0 Å². The number of rotatable bonds is 12. The zero-order valence-corrected chi connectivity index (χ0v) is 24.9. The van der Waals surface area contributed by atoms with E-state index in [0.717, 1.165) is 11.1 Å². The minimum atomic E-state index is -0.861. The summed E-state index contributed by atoms with van der Waals surface area (Å²) in [5.74, 6) is 5.93. The first-order chi connectivity index (χ1) is 19.3. The number of aromatic nitrogens is 3. The monoisotopic (exact) mass is 641 g/mol. The summed E-state index contributed by atoms with van der Waals surface area (Å²) in [6, 6.07) is 12.1. The highest BCUT2D eigenvalue weighted by Crippen LogP contribution is 2.27. The first kappa shape index (κ1) is 30.9. The molecule has 0 amide bonds. The van der Waals surface area contributed by atoms with Gasteiger partial charge in [-0.2, -0.15) is 0 Å². The predicted molar refractivity (Wildman–Crippen MR) is 158 cm³/mol. The van der Waals surface area contributed by atoms with Crippen molar-refractivity contribution < 1.29 is 19.3 Å². The van der Waals surface area contributed by atoms with Gasteiger partial charge in [0.15, 0.2) is 6.23 Å². The second-order valence-electron chi connectivity index (χ2n) is 8.55. The van der Waals surface area contributed by atoms with Gasteiger partial charge in [-0.1, -0.05) is 76.1 Å². The molecule has 12 heteroatoms. The molecular formula is C28H24Cl5N3O4. The molecular weight excluding hydrogens is 620 g/mol. The molecule has 40 heavy (non-hydrogen) atoms. The third-order valence-electron chi connectivity index (χ3n) is 5.87. The Morgan fingerprint density at radius 2 is 1.60 bits per heavy atom. The molecule has 0 unspecified atom stereocenters. The van der Waals surface area contributed by atoms with Crippen LogP contribution in [0.4, 0.5) is 0 Å². The molecule has 0 saturated carbocycles. The van der Waals surface area contributed by atoms with Crippen LogP contribution in [0.25, 0.3) is 11.0 Å². The van der Waals surface area contributed by atoms with Crippen LogP contribution in [0.15, 0.2) is 55.0 Å². The SMILES string of the molecule is CC#C[C@H](OCc1ccc(Cl)cc1Cl)[C@@H](COCc1ccc(Cl)cc1Cl)O[C@H](CO)n1ccc2c(Cl)ncnc21. The zero-order chi connectivity index (χ0) is 28.6. The van der Waals surface area contributed by atoms with E-state index in [4.69, 9.17) is 72.2 Å². The van der Waals surface area contributed by atoms with E-state index in [1.165, 1.54) is 6.33 Å². The van der Waals surface area contributed by atoms with Crippen molar-refractivity contribution in [2.75, 3.05) is 13.2 Å². The Morgan fingerprint density at radius 3 is 2.23 bits per heavy atom. The number of fused-ring (bicyclic) bond motifs is 1. The lowest BCUT2D eigenvalue weighted by molar-refractivity contribution is -0.148. The molecule has 0 aliphatic heterocycles. The first-order valence-electron chi connectivity index (χ1n) is 12.0. The second kappa shape index (κ2) is 14.7. The summed E-state index contributed by atoms with van der Waals surface area (Å²) in [6.07, 6.45) is 0.686. The van der Waals surface area contributed by atoms with E-state index < -0.39 is 18.4 Å². The highest BCUT2D eigenvalue weighted by Gasteiger charge is 2.28. The number of aliphatic hydroxyl groups excluding tert-OH is 1. The van der Waals surface area contributed by atoms with Gasteiger partial charge in [0.1, 0.15) is 29.3 Å². The number of ether oxygens (including phenoxy) is 3. The van der Waals surface area contributed by atoms with Crippen LogP contribution in [0.3, 0.4) is 0 Å². The van der Waals surface area contributed by atoms with Gasteiger partial charge >= 0.3 is 0 Å². The van der Waals surface area contributed by atoms with Crippen LogP contribution >= 0.6 is 58.0 Å². The predicted octanol–water partition coefficient (Wildman–Crippen LogP) is 7.40. The van der Waals surface area contributed by atoms with Crippen LogP contribution in [-0.2, 0) is 27.4 Å². The van der Waals surface area contributed by atoms with Crippen molar-refractivity contribution in [1.29, 1.82) is 0 Å². The highest BCUT2D eigenvalue weighted by atomic mass is 35.5. The van der Waals surface area contributed by atoms with Crippen molar-refractivity contribution in [2.24, 2.45) is 0 Å². The van der Waals surface area contributed by atoms with Crippen molar-refractivity contribution in [3.8, 4) is 11.8 Å². The summed E-state index contributed by atoms with van der Waals surface area (Å²) in [5, 5.41) is 13.2. The molecule has 7 nitrogen and oxygen atoms in total. The van der Waals surface area contributed by atoms with Crippen molar-refractivity contribution >= 4 is 69.0 Å². The second-order valence-corrected chi connectivity index (χ2v) is 10.6. The van der Waals surface area contributed by atoms with Gasteiger partial charge in [-0.15, -0.1) is 5.92 Å². The average molecular weight is 644 g/mol. The summed E-state index contributed by atoms with van der Waals surface area (Å²) in [5.41, 5.74) is 1.97. The van der Waals surface area contributed by atoms with Gasteiger partial charge < -0.3 is 23.9 Å². The molecule has 3 atom stereocenters. The lowest BCUT2D eigenvalue weighted by Crippen LogP contribution is -2.37. The van der Waals surface area contributed by atoms with Gasteiger partial charge in [0, 0.05) is 26.3 Å². The summed E-state index contributed by atoms with van der Waals surface area (Å²) in [7, 11) is 0. The summed E-state index contributed by atoms with van der Waals surface area (Å²) in [4.78, 5) is 8.31. The minimum Gasteiger partial charge on any atom is -0.392 e. The molecule has 0 aliphatic rings. The molecule has 0 radical (unpaired) electrons. The minimum absolute atomic E-state index is 0.0537. The fraction of sp³-hybridized carbons (Fsp3) is 0.286. The molecule has 1 N–H and O–H groups in total. The molecule has 2 heterocycles. The van der Waals surface area contributed by atoms with E-state index in [-0.39, 0.29) is 31.6 Å². The van der Waals surface area contributed by atoms with E-state index in [2.05, 4.69) is 21.8 Å². The normalized spacial score (nSPS) is 13.6. The lowest BCUT2D eigenvalue weighted by atomic mass is 10.2. The van der Waals surface area contributed by atoms with Gasteiger partial charge in [-0.3, -0.25) is 0 Å². The van der Waals surface area contributed by atoms with Crippen molar-refractivity contribution in [1.82, 2.24) is 14.5 Å². The maximum Gasteiger partial charge on any atom is 0.159 e. The number of hydrogen-bond donors (Lipinski definition) is 1. The Bertz CT molecular complexity index is 1520. The van der Waals surface area contributed by atoms with Gasteiger partial charge in [0.05, 0.1) is 31.8 Å². The van der Waals surface area contributed by atoms with E-state index in [1.807, 2.05) is 0 Å². The fourth-order valence-corrected chi connectivity index (χ4v) is 5.01. The number of nitrogens with zero attached hydrogens (tertiary/aromatic N) is 3. The molecule has 0 bridgehead atoms.